The molecule has 0 radical (unpaired) electrons. The second-order valence-electron chi connectivity index (χ2n) is 6.91. The number of carbonyl (C=O) groups is 2. The number of benzene rings is 1. The smallest absolute Gasteiger partial charge is 0.338 e. The van der Waals surface area contributed by atoms with Crippen LogP contribution in [0.1, 0.15) is 55.8 Å². The van der Waals surface area contributed by atoms with Gasteiger partial charge in [0.1, 0.15) is 0 Å². The maximum absolute atomic E-state index is 12.4. The SMILES string of the molecule is C=CCNS(=O)(=O)c1cccc(C(=O)O[C@@H](C)C(=O)NC2CCCCCC2)c1. The zero-order valence-corrected chi connectivity index (χ0v) is 17.0. The molecule has 154 valence electrons. The molecule has 1 aliphatic carbocycles. The summed E-state index contributed by atoms with van der Waals surface area (Å²) in [6.45, 7) is 5.05. The van der Waals surface area contributed by atoms with Crippen molar-refractivity contribution >= 4 is 21.9 Å². The number of carbonyl (C=O) groups excluding carboxylic acids is 2. The summed E-state index contributed by atoms with van der Waals surface area (Å²) in [5.74, 6) is -1.08. The van der Waals surface area contributed by atoms with Crippen LogP contribution < -0.4 is 10.0 Å². The van der Waals surface area contributed by atoms with Crippen LogP contribution in [-0.4, -0.2) is 39.0 Å². The minimum absolute atomic E-state index is 0.0561. The fourth-order valence-corrected chi connectivity index (χ4v) is 4.11. The van der Waals surface area contributed by atoms with Crippen LogP contribution in [0.4, 0.5) is 0 Å². The first-order valence-corrected chi connectivity index (χ1v) is 11.0. The standard InChI is InChI=1S/C20H28N2O5S/c1-3-13-21-28(25,26)18-12-8-9-16(14-18)20(24)27-15(2)19(23)22-17-10-6-4-5-7-11-17/h3,8-9,12,14-15,17,21H,1,4-7,10-11,13H2,2H3,(H,22,23)/t15-/m0/s1. The number of ether oxygens (including phenoxy) is 1. The normalized spacial score (nSPS) is 16.6. The topological polar surface area (TPSA) is 102 Å². The minimum atomic E-state index is -3.75. The summed E-state index contributed by atoms with van der Waals surface area (Å²) in [4.78, 5) is 24.6. The maximum Gasteiger partial charge on any atom is 0.338 e. The van der Waals surface area contributed by atoms with E-state index in [1.807, 2.05) is 0 Å². The van der Waals surface area contributed by atoms with Gasteiger partial charge in [-0.2, -0.15) is 0 Å². The zero-order valence-electron chi connectivity index (χ0n) is 16.1. The molecule has 1 amide bonds. The number of hydrogen-bond donors (Lipinski definition) is 2. The fourth-order valence-electron chi connectivity index (χ4n) is 3.07. The van der Waals surface area contributed by atoms with E-state index in [0.717, 1.165) is 25.7 Å². The second-order valence-corrected chi connectivity index (χ2v) is 8.68. The van der Waals surface area contributed by atoms with Gasteiger partial charge in [-0.25, -0.2) is 17.9 Å². The number of nitrogens with one attached hydrogen (secondary N) is 2. The van der Waals surface area contributed by atoms with Crippen LogP contribution in [0.15, 0.2) is 41.8 Å². The summed E-state index contributed by atoms with van der Waals surface area (Å²) in [7, 11) is -3.75. The van der Waals surface area contributed by atoms with Crippen molar-refractivity contribution < 1.29 is 22.7 Å². The predicted octanol–water partition coefficient (Wildman–Crippen LogP) is 2.54. The van der Waals surface area contributed by atoms with Gasteiger partial charge in [-0.15, -0.1) is 6.58 Å². The molecular weight excluding hydrogens is 380 g/mol. The Hall–Kier alpha value is -2.19. The monoisotopic (exact) mass is 408 g/mol. The predicted molar refractivity (Wildman–Crippen MR) is 106 cm³/mol. The Kier molecular flexibility index (Phi) is 8.19. The second kappa shape index (κ2) is 10.4. The first-order valence-electron chi connectivity index (χ1n) is 9.55. The average Bonchev–Trinajstić information content (AvgIpc) is 2.95. The van der Waals surface area contributed by atoms with Gasteiger partial charge in [0.05, 0.1) is 10.5 Å². The van der Waals surface area contributed by atoms with Gasteiger partial charge in [-0.05, 0) is 38.0 Å². The van der Waals surface area contributed by atoms with Gasteiger partial charge in [0.15, 0.2) is 6.10 Å². The number of esters is 1. The van der Waals surface area contributed by atoms with Crippen molar-refractivity contribution in [1.29, 1.82) is 0 Å². The molecule has 0 bridgehead atoms. The highest BCUT2D eigenvalue weighted by Gasteiger charge is 2.23. The van der Waals surface area contributed by atoms with Crippen molar-refractivity contribution in [2.75, 3.05) is 6.54 Å². The Morgan fingerprint density at radius 2 is 1.93 bits per heavy atom. The van der Waals surface area contributed by atoms with E-state index in [0.29, 0.717) is 0 Å². The van der Waals surface area contributed by atoms with E-state index in [1.165, 1.54) is 50.1 Å². The first-order chi connectivity index (χ1) is 13.3. The van der Waals surface area contributed by atoms with E-state index in [4.69, 9.17) is 4.74 Å². The third-order valence-corrected chi connectivity index (χ3v) is 6.07. The van der Waals surface area contributed by atoms with Gasteiger partial charge in [-0.1, -0.05) is 37.8 Å². The molecule has 7 nitrogen and oxygen atoms in total. The lowest BCUT2D eigenvalue weighted by atomic mass is 10.1. The van der Waals surface area contributed by atoms with Crippen LogP contribution in [0.2, 0.25) is 0 Å². The Bertz CT molecular complexity index is 799. The van der Waals surface area contributed by atoms with Crippen LogP contribution in [0.25, 0.3) is 0 Å². The van der Waals surface area contributed by atoms with E-state index in [2.05, 4.69) is 16.6 Å². The van der Waals surface area contributed by atoms with Crippen molar-refractivity contribution in [3.05, 3.63) is 42.5 Å². The van der Waals surface area contributed by atoms with Crippen molar-refractivity contribution in [2.24, 2.45) is 0 Å². The molecule has 0 saturated heterocycles. The summed E-state index contributed by atoms with van der Waals surface area (Å²) < 4.78 is 31.9. The van der Waals surface area contributed by atoms with Gasteiger partial charge in [-0.3, -0.25) is 4.79 Å². The van der Waals surface area contributed by atoms with Crippen LogP contribution in [0.5, 0.6) is 0 Å². The van der Waals surface area contributed by atoms with Gasteiger partial charge >= 0.3 is 5.97 Å². The van der Waals surface area contributed by atoms with Gasteiger partial charge < -0.3 is 10.1 Å². The number of amides is 1. The van der Waals surface area contributed by atoms with E-state index >= 15 is 0 Å². The average molecular weight is 409 g/mol. The molecule has 1 atom stereocenters. The van der Waals surface area contributed by atoms with Crippen LogP contribution in [0.3, 0.4) is 0 Å². The lowest BCUT2D eigenvalue weighted by Gasteiger charge is -2.19. The molecule has 8 heteroatoms. The summed E-state index contributed by atoms with van der Waals surface area (Å²) in [6, 6.07) is 5.62. The Morgan fingerprint density at radius 3 is 2.57 bits per heavy atom. The van der Waals surface area contributed by atoms with Crippen molar-refractivity contribution in [3.8, 4) is 0 Å². The van der Waals surface area contributed by atoms with Crippen molar-refractivity contribution in [2.45, 2.75) is 62.5 Å². The van der Waals surface area contributed by atoms with Gasteiger partial charge in [0.2, 0.25) is 10.0 Å². The Balaban J connectivity index is 1.98. The molecule has 0 aliphatic heterocycles. The molecule has 0 unspecified atom stereocenters. The first kappa shape index (κ1) is 22.1. The molecular formula is C20H28N2O5S. The third-order valence-electron chi connectivity index (χ3n) is 4.65. The molecule has 28 heavy (non-hydrogen) atoms. The molecule has 1 aliphatic rings. The number of sulfonamides is 1. The molecule has 2 N–H and O–H groups in total. The number of hydrogen-bond acceptors (Lipinski definition) is 5. The van der Waals surface area contributed by atoms with E-state index in [9.17, 15) is 18.0 Å². The Labute approximate surface area is 166 Å². The molecule has 0 spiro atoms. The molecule has 1 saturated carbocycles. The van der Waals surface area contributed by atoms with Gasteiger partial charge in [0, 0.05) is 12.6 Å². The summed E-state index contributed by atoms with van der Waals surface area (Å²) >= 11 is 0. The van der Waals surface area contributed by atoms with Crippen LogP contribution in [0, 0.1) is 0 Å². The fraction of sp³-hybridized carbons (Fsp3) is 0.500. The highest BCUT2D eigenvalue weighted by Crippen LogP contribution is 2.18. The molecule has 0 heterocycles. The minimum Gasteiger partial charge on any atom is -0.449 e. The molecule has 2 rings (SSSR count). The largest absolute Gasteiger partial charge is 0.449 e. The highest BCUT2D eigenvalue weighted by atomic mass is 32.2. The van der Waals surface area contributed by atoms with Crippen LogP contribution in [-0.2, 0) is 19.6 Å². The van der Waals surface area contributed by atoms with Crippen LogP contribution >= 0.6 is 0 Å². The zero-order chi connectivity index (χ0) is 20.6. The van der Waals surface area contributed by atoms with Gasteiger partial charge in [0.25, 0.3) is 5.91 Å². The third kappa shape index (κ3) is 6.45. The van der Waals surface area contributed by atoms with E-state index in [1.54, 1.807) is 0 Å². The molecule has 0 aromatic heterocycles. The Morgan fingerprint density at radius 1 is 1.25 bits per heavy atom. The number of rotatable bonds is 8. The lowest BCUT2D eigenvalue weighted by molar-refractivity contribution is -0.129. The van der Waals surface area contributed by atoms with Crippen molar-refractivity contribution in [1.82, 2.24) is 10.0 Å². The summed E-state index contributed by atoms with van der Waals surface area (Å²) in [6.07, 6.45) is 6.85. The molecule has 1 aromatic carbocycles. The quantitative estimate of drug-likeness (QED) is 0.391. The maximum atomic E-state index is 12.4. The highest BCUT2D eigenvalue weighted by molar-refractivity contribution is 7.89. The molecule has 1 aromatic rings. The molecule has 1 fully saturated rings. The summed E-state index contributed by atoms with van der Waals surface area (Å²) in [5, 5.41) is 2.94. The van der Waals surface area contributed by atoms with E-state index in [-0.39, 0.29) is 29.0 Å². The van der Waals surface area contributed by atoms with Crippen molar-refractivity contribution in [3.63, 3.8) is 0 Å². The summed E-state index contributed by atoms with van der Waals surface area (Å²) in [5.41, 5.74) is 0.0654. The lowest BCUT2D eigenvalue weighted by Crippen LogP contribution is -2.41. The van der Waals surface area contributed by atoms with E-state index < -0.39 is 22.1 Å².